The van der Waals surface area contributed by atoms with E-state index in [-0.39, 0.29) is 11.5 Å². The highest BCUT2D eigenvalue weighted by Crippen LogP contribution is 2.17. The van der Waals surface area contributed by atoms with Gasteiger partial charge in [0.05, 0.1) is 16.7 Å². The van der Waals surface area contributed by atoms with Crippen LogP contribution in [0, 0.1) is 0 Å². The van der Waals surface area contributed by atoms with E-state index in [9.17, 15) is 9.59 Å². The summed E-state index contributed by atoms with van der Waals surface area (Å²) in [4.78, 5) is 32.0. The summed E-state index contributed by atoms with van der Waals surface area (Å²) in [6, 6.07) is 15.0. The molecule has 148 valence electrons. The number of rotatable bonds is 4. The van der Waals surface area contributed by atoms with Gasteiger partial charge in [-0.3, -0.25) is 9.36 Å². The number of nitrogens with zero attached hydrogens (tertiary/aromatic N) is 3. The van der Waals surface area contributed by atoms with Crippen molar-refractivity contribution in [2.24, 2.45) is 4.99 Å². The van der Waals surface area contributed by atoms with E-state index in [0.717, 1.165) is 20.5 Å². The lowest BCUT2D eigenvalue weighted by molar-refractivity contribution is 0.0526. The zero-order valence-corrected chi connectivity index (χ0v) is 18.1. The zero-order chi connectivity index (χ0) is 20.4. The van der Waals surface area contributed by atoms with Crippen LogP contribution in [0.1, 0.15) is 22.8 Å². The van der Waals surface area contributed by atoms with Crippen LogP contribution in [-0.4, -0.2) is 23.8 Å². The number of halogens is 1. The second-order valence-corrected chi connectivity index (χ2v) is 8.35. The van der Waals surface area contributed by atoms with Gasteiger partial charge < -0.3 is 9.64 Å². The summed E-state index contributed by atoms with van der Waals surface area (Å²) in [6.45, 7) is 2.99. The van der Waals surface area contributed by atoms with Crippen LogP contribution in [0.25, 0.3) is 6.08 Å². The van der Waals surface area contributed by atoms with Crippen LogP contribution in [-0.2, 0) is 11.4 Å². The fourth-order valence-electron chi connectivity index (χ4n) is 3.05. The molecule has 0 radical (unpaired) electrons. The van der Waals surface area contributed by atoms with Crippen molar-refractivity contribution >= 4 is 45.0 Å². The molecule has 2 aromatic carbocycles. The van der Waals surface area contributed by atoms with Gasteiger partial charge in [0.2, 0.25) is 0 Å². The molecule has 0 saturated heterocycles. The number of carbonyl (C=O) groups excluding carboxylic acids is 1. The van der Waals surface area contributed by atoms with Crippen LogP contribution in [0.4, 0.5) is 5.69 Å². The second-order valence-electron chi connectivity index (χ2n) is 6.43. The average Bonchev–Trinajstić information content (AvgIpc) is 3.03. The highest BCUT2D eigenvalue weighted by Gasteiger charge is 2.16. The maximum absolute atomic E-state index is 12.9. The van der Waals surface area contributed by atoms with Crippen molar-refractivity contribution in [1.29, 1.82) is 0 Å². The summed E-state index contributed by atoms with van der Waals surface area (Å²) in [7, 11) is 0. The number of ether oxygens (including phenoxy) is 1. The maximum Gasteiger partial charge on any atom is 0.338 e. The summed E-state index contributed by atoms with van der Waals surface area (Å²) < 4.78 is 8.31. The number of fused-ring (bicyclic) bond motifs is 1. The van der Waals surface area contributed by atoms with E-state index in [1.54, 1.807) is 23.6 Å². The van der Waals surface area contributed by atoms with Crippen molar-refractivity contribution in [3.05, 3.63) is 83.8 Å². The SMILES string of the molecule is CCOC(=O)c1ccc(N2CN=c3s/c(=C\c4cccc(Br)c4)c(=O)n3C2)cc1. The molecule has 29 heavy (non-hydrogen) atoms. The molecule has 2 heterocycles. The molecule has 1 aromatic heterocycles. The van der Waals surface area contributed by atoms with Gasteiger partial charge in [-0.05, 0) is 55.0 Å². The lowest BCUT2D eigenvalue weighted by Crippen LogP contribution is -2.42. The summed E-state index contributed by atoms with van der Waals surface area (Å²) in [5, 5.41) is 0. The first-order chi connectivity index (χ1) is 14.0. The molecule has 6 nitrogen and oxygen atoms in total. The van der Waals surface area contributed by atoms with Crippen molar-refractivity contribution in [2.75, 3.05) is 18.2 Å². The standard InChI is InChI=1S/C21H18BrN3O3S/c1-2-28-20(27)15-6-8-17(9-7-15)24-12-23-21-25(13-24)19(26)18(29-21)11-14-4-3-5-16(22)10-14/h3-11H,2,12-13H2,1H3/b18-11-. The first-order valence-electron chi connectivity index (χ1n) is 9.08. The molecule has 0 bridgehead atoms. The molecule has 0 amide bonds. The van der Waals surface area contributed by atoms with Gasteiger partial charge in [0.15, 0.2) is 4.80 Å². The maximum atomic E-state index is 12.9. The lowest BCUT2D eigenvalue weighted by atomic mass is 10.2. The number of hydrogen-bond acceptors (Lipinski definition) is 6. The van der Waals surface area contributed by atoms with Gasteiger partial charge in [0.25, 0.3) is 5.56 Å². The third-order valence-electron chi connectivity index (χ3n) is 4.47. The Balaban J connectivity index is 1.60. The van der Waals surface area contributed by atoms with Crippen molar-refractivity contribution < 1.29 is 9.53 Å². The molecular weight excluding hydrogens is 454 g/mol. The molecule has 0 spiro atoms. The van der Waals surface area contributed by atoms with Gasteiger partial charge in [-0.15, -0.1) is 0 Å². The third-order valence-corrected chi connectivity index (χ3v) is 6.00. The number of anilines is 1. The van der Waals surface area contributed by atoms with Crippen molar-refractivity contribution in [1.82, 2.24) is 4.57 Å². The molecule has 8 heteroatoms. The summed E-state index contributed by atoms with van der Waals surface area (Å²) in [5.41, 5.74) is 2.30. The predicted octanol–water partition coefficient (Wildman–Crippen LogP) is 2.73. The molecule has 0 atom stereocenters. The normalized spacial score (nSPS) is 13.7. The molecule has 0 saturated carbocycles. The topological polar surface area (TPSA) is 63.9 Å². The lowest BCUT2D eigenvalue weighted by Gasteiger charge is -2.25. The van der Waals surface area contributed by atoms with E-state index in [4.69, 9.17) is 4.74 Å². The summed E-state index contributed by atoms with van der Waals surface area (Å²) in [5.74, 6) is -0.341. The number of carbonyl (C=O) groups is 1. The predicted molar refractivity (Wildman–Crippen MR) is 117 cm³/mol. The van der Waals surface area contributed by atoms with E-state index in [1.165, 1.54) is 11.3 Å². The number of aromatic nitrogens is 1. The van der Waals surface area contributed by atoms with E-state index >= 15 is 0 Å². The van der Waals surface area contributed by atoms with Crippen LogP contribution >= 0.6 is 27.3 Å². The number of esters is 1. The fraction of sp³-hybridized carbons (Fsp3) is 0.190. The number of thiazole rings is 1. The Labute approximate surface area is 179 Å². The van der Waals surface area contributed by atoms with E-state index in [2.05, 4.69) is 20.9 Å². The minimum absolute atomic E-state index is 0.0541. The van der Waals surface area contributed by atoms with Gasteiger partial charge in [-0.2, -0.15) is 0 Å². The van der Waals surface area contributed by atoms with Crippen molar-refractivity contribution in [2.45, 2.75) is 13.6 Å². The summed E-state index contributed by atoms with van der Waals surface area (Å²) >= 11 is 4.85. The number of hydrogen-bond donors (Lipinski definition) is 0. The van der Waals surface area contributed by atoms with E-state index in [0.29, 0.717) is 30.0 Å². The minimum Gasteiger partial charge on any atom is -0.462 e. The van der Waals surface area contributed by atoms with Gasteiger partial charge in [0, 0.05) is 10.2 Å². The third kappa shape index (κ3) is 4.18. The molecule has 1 aliphatic rings. The van der Waals surface area contributed by atoms with Crippen LogP contribution < -0.4 is 19.8 Å². The highest BCUT2D eigenvalue weighted by atomic mass is 79.9. The van der Waals surface area contributed by atoms with Crippen LogP contribution in [0.3, 0.4) is 0 Å². The average molecular weight is 472 g/mol. The minimum atomic E-state index is -0.341. The number of benzene rings is 2. The van der Waals surface area contributed by atoms with E-state index < -0.39 is 0 Å². The van der Waals surface area contributed by atoms with Crippen molar-refractivity contribution in [3.63, 3.8) is 0 Å². The monoisotopic (exact) mass is 471 g/mol. The van der Waals surface area contributed by atoms with E-state index in [1.807, 2.05) is 47.4 Å². The molecule has 0 fully saturated rings. The smallest absolute Gasteiger partial charge is 0.338 e. The van der Waals surface area contributed by atoms with Gasteiger partial charge >= 0.3 is 5.97 Å². The molecule has 0 unspecified atom stereocenters. The Morgan fingerprint density at radius 3 is 2.79 bits per heavy atom. The quantitative estimate of drug-likeness (QED) is 0.548. The molecule has 1 aliphatic heterocycles. The van der Waals surface area contributed by atoms with Crippen molar-refractivity contribution in [3.8, 4) is 0 Å². The molecule has 0 aliphatic carbocycles. The Bertz CT molecular complexity index is 1230. The fourth-order valence-corrected chi connectivity index (χ4v) is 4.42. The van der Waals surface area contributed by atoms with Gasteiger partial charge in [0.1, 0.15) is 13.3 Å². The van der Waals surface area contributed by atoms with Crippen LogP contribution in [0.15, 0.2) is 62.8 Å². The Morgan fingerprint density at radius 1 is 1.28 bits per heavy atom. The first kappa shape index (κ1) is 19.6. The Hall–Kier alpha value is -2.71. The second kappa shape index (κ2) is 8.34. The molecule has 3 aromatic rings. The van der Waals surface area contributed by atoms with Crippen LogP contribution in [0.2, 0.25) is 0 Å². The molecule has 0 N–H and O–H groups in total. The Kier molecular flexibility index (Phi) is 5.64. The Morgan fingerprint density at radius 2 is 2.07 bits per heavy atom. The van der Waals surface area contributed by atoms with Crippen LogP contribution in [0.5, 0.6) is 0 Å². The zero-order valence-electron chi connectivity index (χ0n) is 15.7. The largest absolute Gasteiger partial charge is 0.462 e. The first-order valence-corrected chi connectivity index (χ1v) is 10.7. The summed E-state index contributed by atoms with van der Waals surface area (Å²) in [6.07, 6.45) is 1.89. The molecule has 4 rings (SSSR count). The van der Waals surface area contributed by atoms with Gasteiger partial charge in [-0.25, -0.2) is 9.79 Å². The molecular formula is C21H18BrN3O3S. The van der Waals surface area contributed by atoms with Gasteiger partial charge in [-0.1, -0.05) is 39.4 Å². The highest BCUT2D eigenvalue weighted by molar-refractivity contribution is 9.10.